The number of guanidine groups is 1. The number of rotatable bonds is 4. The average Bonchev–Trinajstić information content (AvgIpc) is 2.21. The van der Waals surface area contributed by atoms with Gasteiger partial charge in [0.1, 0.15) is 0 Å². The van der Waals surface area contributed by atoms with Crippen LogP contribution in [0.25, 0.3) is 0 Å². The van der Waals surface area contributed by atoms with E-state index in [4.69, 9.17) is 0 Å². The van der Waals surface area contributed by atoms with E-state index < -0.39 is 0 Å². The van der Waals surface area contributed by atoms with Crippen molar-refractivity contribution in [1.82, 2.24) is 10.6 Å². The van der Waals surface area contributed by atoms with Crippen LogP contribution in [0.5, 0.6) is 0 Å². The predicted molar refractivity (Wildman–Crippen MR) is 76.2 cm³/mol. The highest BCUT2D eigenvalue weighted by atomic mass is 127. The minimum absolute atomic E-state index is 0. The van der Waals surface area contributed by atoms with Crippen molar-refractivity contribution in [3.05, 3.63) is 0 Å². The summed E-state index contributed by atoms with van der Waals surface area (Å²) in [7, 11) is 3.08. The van der Waals surface area contributed by atoms with Gasteiger partial charge in [-0.25, -0.2) is 0 Å². The monoisotopic (exact) mass is 343 g/mol. The Kier molecular flexibility index (Phi) is 10.8. The number of nitrogens with one attached hydrogen (secondary N) is 2. The van der Waals surface area contributed by atoms with Crippen molar-refractivity contribution in [2.24, 2.45) is 10.9 Å². The Morgan fingerprint density at radius 3 is 2.31 bits per heavy atom. The molecule has 0 aromatic rings. The molecule has 0 fully saturated rings. The summed E-state index contributed by atoms with van der Waals surface area (Å²) in [5.41, 5.74) is 0. The van der Waals surface area contributed by atoms with Crippen molar-refractivity contribution in [1.29, 1.82) is 0 Å². The second kappa shape index (κ2) is 9.68. The molecule has 0 amide bonds. The minimum Gasteiger partial charge on any atom is -0.469 e. The van der Waals surface area contributed by atoms with Crippen molar-refractivity contribution in [3.8, 4) is 0 Å². The molecule has 0 aromatic heterocycles. The van der Waals surface area contributed by atoms with Crippen LogP contribution in [-0.4, -0.2) is 38.7 Å². The maximum atomic E-state index is 11.1. The van der Waals surface area contributed by atoms with E-state index >= 15 is 0 Å². The fourth-order valence-electron chi connectivity index (χ4n) is 1.00. The number of carbonyl (C=O) groups is 1. The van der Waals surface area contributed by atoms with Crippen LogP contribution in [-0.2, 0) is 9.53 Å². The lowest BCUT2D eigenvalue weighted by molar-refractivity contribution is -0.144. The number of halogens is 1. The first-order valence-corrected chi connectivity index (χ1v) is 5.06. The predicted octanol–water partition coefficient (Wildman–Crippen LogP) is 0.987. The number of nitrogens with zero attached hydrogens (tertiary/aromatic N) is 1. The van der Waals surface area contributed by atoms with Crippen molar-refractivity contribution in [2.45, 2.75) is 26.8 Å². The van der Waals surface area contributed by atoms with E-state index in [0.717, 1.165) is 0 Å². The highest BCUT2D eigenvalue weighted by molar-refractivity contribution is 14.0. The minimum atomic E-state index is -0.220. The largest absolute Gasteiger partial charge is 0.469 e. The molecule has 5 nitrogen and oxygen atoms in total. The quantitative estimate of drug-likeness (QED) is 0.346. The maximum Gasteiger partial charge on any atom is 0.310 e. The SMILES string of the molecule is CN=C(NCC(C)C(=O)OC)NC(C)C.I. The molecule has 0 aliphatic rings. The van der Waals surface area contributed by atoms with Gasteiger partial charge in [0, 0.05) is 19.6 Å². The number of aliphatic imine (C=N–C) groups is 1. The lowest BCUT2D eigenvalue weighted by Gasteiger charge is -2.16. The molecule has 0 radical (unpaired) electrons. The molecular weight excluding hydrogens is 321 g/mol. The number of esters is 1. The smallest absolute Gasteiger partial charge is 0.310 e. The van der Waals surface area contributed by atoms with Crippen molar-refractivity contribution in [3.63, 3.8) is 0 Å². The van der Waals surface area contributed by atoms with Crippen LogP contribution in [0.4, 0.5) is 0 Å². The van der Waals surface area contributed by atoms with Gasteiger partial charge in [-0.1, -0.05) is 6.92 Å². The van der Waals surface area contributed by atoms with E-state index in [9.17, 15) is 4.79 Å². The van der Waals surface area contributed by atoms with E-state index in [0.29, 0.717) is 18.5 Å². The van der Waals surface area contributed by atoms with Gasteiger partial charge in [-0.2, -0.15) is 0 Å². The molecule has 0 aliphatic heterocycles. The first-order chi connectivity index (χ1) is 7.01. The third-order valence-corrected chi connectivity index (χ3v) is 1.83. The van der Waals surface area contributed by atoms with E-state index in [2.05, 4.69) is 20.4 Å². The van der Waals surface area contributed by atoms with Gasteiger partial charge in [-0.05, 0) is 13.8 Å². The van der Waals surface area contributed by atoms with Gasteiger partial charge < -0.3 is 15.4 Å². The number of methoxy groups -OCH3 is 1. The summed E-state index contributed by atoms with van der Waals surface area (Å²) in [5, 5.41) is 6.18. The van der Waals surface area contributed by atoms with Crippen LogP contribution in [0.2, 0.25) is 0 Å². The van der Waals surface area contributed by atoms with Gasteiger partial charge >= 0.3 is 5.97 Å². The molecule has 0 aromatic carbocycles. The lowest BCUT2D eigenvalue weighted by Crippen LogP contribution is -2.43. The number of ether oxygens (including phenoxy) is 1. The van der Waals surface area contributed by atoms with E-state index in [1.165, 1.54) is 7.11 Å². The van der Waals surface area contributed by atoms with Crippen LogP contribution in [0.15, 0.2) is 4.99 Å². The summed E-state index contributed by atoms with van der Waals surface area (Å²) < 4.78 is 4.62. The summed E-state index contributed by atoms with van der Waals surface area (Å²) in [5.74, 6) is 0.295. The van der Waals surface area contributed by atoms with Crippen LogP contribution in [0, 0.1) is 5.92 Å². The van der Waals surface area contributed by atoms with Gasteiger partial charge in [0.15, 0.2) is 5.96 Å². The second-order valence-corrected chi connectivity index (χ2v) is 3.68. The van der Waals surface area contributed by atoms with Gasteiger partial charge in [-0.3, -0.25) is 9.79 Å². The van der Waals surface area contributed by atoms with Crippen molar-refractivity contribution < 1.29 is 9.53 Å². The van der Waals surface area contributed by atoms with Gasteiger partial charge in [0.25, 0.3) is 0 Å². The van der Waals surface area contributed by atoms with Gasteiger partial charge in [-0.15, -0.1) is 24.0 Å². The Balaban J connectivity index is 0. The molecule has 0 spiro atoms. The van der Waals surface area contributed by atoms with Crippen molar-refractivity contribution >= 4 is 35.9 Å². The molecule has 1 atom stereocenters. The molecule has 0 bridgehead atoms. The van der Waals surface area contributed by atoms with Crippen LogP contribution in [0.1, 0.15) is 20.8 Å². The molecule has 0 rings (SSSR count). The van der Waals surface area contributed by atoms with Crippen LogP contribution < -0.4 is 10.6 Å². The van der Waals surface area contributed by atoms with Crippen LogP contribution in [0.3, 0.4) is 0 Å². The molecule has 0 saturated carbocycles. The third-order valence-electron chi connectivity index (χ3n) is 1.83. The Bertz CT molecular complexity index is 232. The van der Waals surface area contributed by atoms with Crippen LogP contribution >= 0.6 is 24.0 Å². The lowest BCUT2D eigenvalue weighted by atomic mass is 10.2. The molecular formula is C10H22IN3O2. The summed E-state index contributed by atoms with van der Waals surface area (Å²) in [4.78, 5) is 15.1. The normalized spacial score (nSPS) is 12.8. The van der Waals surface area contributed by atoms with E-state index in [-0.39, 0.29) is 35.9 Å². The standard InChI is InChI=1S/C10H21N3O2.HI/c1-7(2)13-10(11-4)12-6-8(3)9(14)15-5;/h7-8H,6H2,1-5H3,(H2,11,12,13);1H. The topological polar surface area (TPSA) is 62.7 Å². The van der Waals surface area contributed by atoms with Gasteiger partial charge in [0.2, 0.25) is 0 Å². The molecule has 2 N–H and O–H groups in total. The Hall–Kier alpha value is -0.530. The maximum absolute atomic E-state index is 11.1. The number of carbonyl (C=O) groups excluding carboxylic acids is 1. The fraction of sp³-hybridized carbons (Fsp3) is 0.800. The number of hydrogen-bond donors (Lipinski definition) is 2. The highest BCUT2D eigenvalue weighted by Gasteiger charge is 2.13. The molecule has 1 unspecified atom stereocenters. The molecule has 0 heterocycles. The summed E-state index contributed by atoms with van der Waals surface area (Å²) in [6.45, 7) is 6.37. The Labute approximate surface area is 114 Å². The Morgan fingerprint density at radius 2 is 1.94 bits per heavy atom. The van der Waals surface area contributed by atoms with E-state index in [1.54, 1.807) is 7.05 Å². The zero-order chi connectivity index (χ0) is 11.8. The first kappa shape index (κ1) is 17.9. The Morgan fingerprint density at radius 1 is 1.38 bits per heavy atom. The average molecular weight is 343 g/mol. The zero-order valence-corrected chi connectivity index (χ0v) is 12.9. The van der Waals surface area contributed by atoms with E-state index in [1.807, 2.05) is 20.8 Å². The number of hydrogen-bond acceptors (Lipinski definition) is 3. The molecule has 6 heteroatoms. The molecule has 16 heavy (non-hydrogen) atoms. The second-order valence-electron chi connectivity index (χ2n) is 3.68. The fourth-order valence-corrected chi connectivity index (χ4v) is 1.00. The van der Waals surface area contributed by atoms with Gasteiger partial charge in [0.05, 0.1) is 13.0 Å². The third kappa shape index (κ3) is 7.72. The molecule has 0 aliphatic carbocycles. The van der Waals surface area contributed by atoms with Crippen molar-refractivity contribution in [2.75, 3.05) is 20.7 Å². The summed E-state index contributed by atoms with van der Waals surface area (Å²) in [6, 6.07) is 0.310. The summed E-state index contributed by atoms with van der Waals surface area (Å²) in [6.07, 6.45) is 0. The first-order valence-electron chi connectivity index (χ1n) is 5.06. The molecule has 0 saturated heterocycles. The molecule has 96 valence electrons. The highest BCUT2D eigenvalue weighted by Crippen LogP contribution is 1.94. The summed E-state index contributed by atoms with van der Waals surface area (Å²) >= 11 is 0. The zero-order valence-electron chi connectivity index (χ0n) is 10.5.